The van der Waals surface area contributed by atoms with Crippen molar-refractivity contribution < 1.29 is 23.8 Å². The van der Waals surface area contributed by atoms with E-state index in [1.165, 1.54) is 12.8 Å². The molecule has 0 saturated carbocycles. The van der Waals surface area contributed by atoms with Gasteiger partial charge in [-0.3, -0.25) is 9.59 Å². The van der Waals surface area contributed by atoms with Crippen molar-refractivity contribution in [3.05, 3.63) is 23.8 Å². The number of ether oxygens (including phenoxy) is 3. The van der Waals surface area contributed by atoms with Crippen LogP contribution in [0.25, 0.3) is 0 Å². The summed E-state index contributed by atoms with van der Waals surface area (Å²) in [6.45, 7) is 9.48. The topological polar surface area (TPSA) is 77.1 Å². The van der Waals surface area contributed by atoms with E-state index < -0.39 is 6.10 Å². The van der Waals surface area contributed by atoms with E-state index in [1.807, 2.05) is 32.0 Å². The summed E-state index contributed by atoms with van der Waals surface area (Å²) in [6, 6.07) is 5.33. The maximum atomic E-state index is 12.9. The lowest BCUT2D eigenvalue weighted by atomic mass is 9.99. The van der Waals surface area contributed by atoms with Crippen molar-refractivity contribution in [2.75, 3.05) is 32.8 Å². The Labute approximate surface area is 204 Å². The lowest BCUT2D eigenvalue weighted by Gasteiger charge is -2.32. The molecule has 190 valence electrons. The number of likely N-dealkylation sites (tertiary alicyclic amines) is 1. The zero-order valence-corrected chi connectivity index (χ0v) is 21.1. The van der Waals surface area contributed by atoms with Gasteiger partial charge in [0.25, 0.3) is 0 Å². The van der Waals surface area contributed by atoms with E-state index >= 15 is 0 Å². The molecule has 1 saturated heterocycles. The first-order valence-electron chi connectivity index (χ1n) is 13.1. The zero-order valence-electron chi connectivity index (χ0n) is 21.1. The number of fused-ring (bicyclic) bond motifs is 1. The maximum Gasteiger partial charge on any atom is 0.309 e. The minimum atomic E-state index is -0.602. The molecule has 0 aliphatic carbocycles. The van der Waals surface area contributed by atoms with Crippen LogP contribution in [-0.2, 0) is 14.3 Å². The summed E-state index contributed by atoms with van der Waals surface area (Å²) in [5.74, 6) is 0.818. The molecular formula is C27H42N2O5. The first-order chi connectivity index (χ1) is 16.5. The molecule has 0 aromatic heterocycles. The van der Waals surface area contributed by atoms with E-state index in [2.05, 4.69) is 17.1 Å². The number of nitrogens with one attached hydrogen (secondary N) is 1. The fraction of sp³-hybridized carbons (Fsp3) is 0.704. The molecule has 2 atom stereocenters. The van der Waals surface area contributed by atoms with Crippen LogP contribution in [0, 0.1) is 5.92 Å². The average Bonchev–Trinajstić information content (AvgIpc) is 3.34. The van der Waals surface area contributed by atoms with Crippen LogP contribution in [-0.4, -0.2) is 55.7 Å². The Morgan fingerprint density at radius 1 is 1.03 bits per heavy atom. The molecule has 7 nitrogen and oxygen atoms in total. The summed E-state index contributed by atoms with van der Waals surface area (Å²) in [5.41, 5.74) is 0.811. The van der Waals surface area contributed by atoms with E-state index in [1.54, 1.807) is 0 Å². The number of hydrogen-bond acceptors (Lipinski definition) is 6. The van der Waals surface area contributed by atoms with Crippen LogP contribution >= 0.6 is 0 Å². The third-order valence-electron chi connectivity index (χ3n) is 6.48. The lowest BCUT2D eigenvalue weighted by molar-refractivity contribution is -0.156. The summed E-state index contributed by atoms with van der Waals surface area (Å²) < 4.78 is 17.5. The summed E-state index contributed by atoms with van der Waals surface area (Å²) in [7, 11) is 0. The van der Waals surface area contributed by atoms with Crippen molar-refractivity contribution in [3.63, 3.8) is 0 Å². The van der Waals surface area contributed by atoms with Crippen molar-refractivity contribution in [2.45, 2.75) is 84.3 Å². The minimum Gasteiger partial charge on any atom is -0.486 e. The van der Waals surface area contributed by atoms with Crippen molar-refractivity contribution >= 4 is 11.9 Å². The number of carbonyl (C=O) groups excluding carboxylic acids is 2. The van der Waals surface area contributed by atoms with Gasteiger partial charge in [-0.1, -0.05) is 52.5 Å². The number of nitrogens with zero attached hydrogens (tertiary/aromatic N) is 1. The highest BCUT2D eigenvalue weighted by molar-refractivity contribution is 5.76. The molecule has 2 heterocycles. The number of hydrogen-bond donors (Lipinski definition) is 1. The van der Waals surface area contributed by atoms with Crippen LogP contribution in [0.4, 0.5) is 0 Å². The summed E-state index contributed by atoms with van der Waals surface area (Å²) in [5, 5.41) is 3.23. The van der Waals surface area contributed by atoms with Gasteiger partial charge >= 0.3 is 5.97 Å². The minimum absolute atomic E-state index is 0.0174. The van der Waals surface area contributed by atoms with Crippen LogP contribution in [0.5, 0.6) is 11.5 Å². The van der Waals surface area contributed by atoms with Gasteiger partial charge < -0.3 is 24.4 Å². The number of carbonyl (C=O) groups is 2. The molecule has 1 N–H and O–H groups in total. The second kappa shape index (κ2) is 13.6. The number of unbranched alkanes of at least 4 members (excludes halogenated alkanes) is 4. The van der Waals surface area contributed by atoms with Gasteiger partial charge in [0.05, 0.1) is 12.0 Å². The second-order valence-electron chi connectivity index (χ2n) is 9.76. The van der Waals surface area contributed by atoms with Gasteiger partial charge in [-0.25, -0.2) is 0 Å². The van der Waals surface area contributed by atoms with E-state index in [0.717, 1.165) is 50.8 Å². The third kappa shape index (κ3) is 7.90. The predicted octanol–water partition coefficient (Wildman–Crippen LogP) is 4.64. The standard InChI is InChI=1S/C27H42N2O5/c1-4-5-6-7-8-11-25(30)28-22(19-29-14-9-10-15-29)26(34-27(31)20(2)3)21-12-13-23-24(18-21)33-17-16-32-23/h12-13,18,20,22,26H,4-11,14-17,19H2,1-3H3,(H,28,30). The Balaban J connectivity index is 1.79. The molecule has 0 radical (unpaired) electrons. The Morgan fingerprint density at radius 2 is 1.74 bits per heavy atom. The fourth-order valence-electron chi connectivity index (χ4n) is 4.51. The molecular weight excluding hydrogens is 432 g/mol. The maximum absolute atomic E-state index is 12.9. The molecule has 1 amide bonds. The predicted molar refractivity (Wildman–Crippen MR) is 132 cm³/mol. The second-order valence-corrected chi connectivity index (χ2v) is 9.76. The highest BCUT2D eigenvalue weighted by Crippen LogP contribution is 2.35. The molecule has 0 bridgehead atoms. The third-order valence-corrected chi connectivity index (χ3v) is 6.48. The first-order valence-corrected chi connectivity index (χ1v) is 13.1. The van der Waals surface area contributed by atoms with E-state index in [4.69, 9.17) is 14.2 Å². The quantitative estimate of drug-likeness (QED) is 0.332. The first kappa shape index (κ1) is 26.3. The number of benzene rings is 1. The molecule has 0 spiro atoms. The molecule has 7 heteroatoms. The summed E-state index contributed by atoms with van der Waals surface area (Å²) in [6.07, 6.45) is 7.68. The molecule has 34 heavy (non-hydrogen) atoms. The normalized spacial score (nSPS) is 17.4. The number of esters is 1. The number of amides is 1. The van der Waals surface area contributed by atoms with Crippen LogP contribution in [0.3, 0.4) is 0 Å². The lowest BCUT2D eigenvalue weighted by Crippen LogP contribution is -2.48. The van der Waals surface area contributed by atoms with Crippen molar-refractivity contribution in [1.82, 2.24) is 10.2 Å². The fourth-order valence-corrected chi connectivity index (χ4v) is 4.51. The Bertz CT molecular complexity index is 791. The molecule has 3 rings (SSSR count). The van der Waals surface area contributed by atoms with Crippen LogP contribution in [0.2, 0.25) is 0 Å². The Hall–Kier alpha value is -2.28. The van der Waals surface area contributed by atoms with Gasteiger partial charge in [0.15, 0.2) is 11.5 Å². The monoisotopic (exact) mass is 474 g/mol. The Morgan fingerprint density at radius 3 is 2.44 bits per heavy atom. The van der Waals surface area contributed by atoms with Crippen LogP contribution < -0.4 is 14.8 Å². The van der Waals surface area contributed by atoms with Gasteiger partial charge in [-0.15, -0.1) is 0 Å². The molecule has 1 fully saturated rings. The smallest absolute Gasteiger partial charge is 0.309 e. The highest BCUT2D eigenvalue weighted by Gasteiger charge is 2.32. The average molecular weight is 475 g/mol. The van der Waals surface area contributed by atoms with Gasteiger partial charge in [0.1, 0.15) is 19.3 Å². The van der Waals surface area contributed by atoms with Crippen molar-refractivity contribution in [3.8, 4) is 11.5 Å². The van der Waals surface area contributed by atoms with E-state index in [0.29, 0.717) is 37.7 Å². The highest BCUT2D eigenvalue weighted by atomic mass is 16.6. The summed E-state index contributed by atoms with van der Waals surface area (Å²) in [4.78, 5) is 28.0. The van der Waals surface area contributed by atoms with Gasteiger partial charge in [0.2, 0.25) is 5.91 Å². The molecule has 2 aliphatic rings. The summed E-state index contributed by atoms with van der Waals surface area (Å²) >= 11 is 0. The van der Waals surface area contributed by atoms with Crippen molar-refractivity contribution in [2.24, 2.45) is 5.92 Å². The Kier molecular flexibility index (Phi) is 10.5. The van der Waals surface area contributed by atoms with E-state index in [-0.39, 0.29) is 23.8 Å². The largest absolute Gasteiger partial charge is 0.486 e. The molecule has 2 unspecified atom stereocenters. The molecule has 1 aromatic rings. The van der Waals surface area contributed by atoms with Gasteiger partial charge in [-0.2, -0.15) is 0 Å². The number of rotatable bonds is 13. The zero-order chi connectivity index (χ0) is 24.3. The molecule has 1 aromatic carbocycles. The SMILES string of the molecule is CCCCCCCC(=O)NC(CN1CCCC1)C(OC(=O)C(C)C)c1ccc2c(c1)OCCO2. The molecule has 2 aliphatic heterocycles. The van der Waals surface area contributed by atoms with Crippen LogP contribution in [0.15, 0.2) is 18.2 Å². The van der Waals surface area contributed by atoms with E-state index in [9.17, 15) is 9.59 Å². The van der Waals surface area contributed by atoms with Gasteiger partial charge in [-0.05, 0) is 50.0 Å². The van der Waals surface area contributed by atoms with Crippen LogP contribution in [0.1, 0.15) is 83.8 Å². The van der Waals surface area contributed by atoms with Crippen molar-refractivity contribution in [1.29, 1.82) is 0 Å². The van der Waals surface area contributed by atoms with Gasteiger partial charge in [0, 0.05) is 13.0 Å².